The van der Waals surface area contributed by atoms with E-state index in [-0.39, 0.29) is 17.7 Å². The second-order valence-electron chi connectivity index (χ2n) is 9.06. The highest BCUT2D eigenvalue weighted by Crippen LogP contribution is 2.37. The van der Waals surface area contributed by atoms with Crippen molar-refractivity contribution in [3.05, 3.63) is 108 Å². The van der Waals surface area contributed by atoms with Crippen molar-refractivity contribution >= 4 is 22.9 Å². The molecule has 3 aromatic carbocycles. The lowest BCUT2D eigenvalue weighted by Gasteiger charge is -2.20. The van der Waals surface area contributed by atoms with Gasteiger partial charge in [0.1, 0.15) is 24.1 Å². The molecule has 1 aliphatic carbocycles. The first kappa shape index (κ1) is 26.9. The molecule has 0 spiro atoms. The fraction of sp³-hybridized carbons (Fsp3) is 0.226. The Labute approximate surface area is 222 Å². The van der Waals surface area contributed by atoms with Gasteiger partial charge in [0, 0.05) is 36.3 Å². The van der Waals surface area contributed by atoms with E-state index < -0.39 is 5.97 Å². The molecule has 0 amide bonds. The van der Waals surface area contributed by atoms with Crippen LogP contribution in [0.4, 0.5) is 0 Å². The number of ether oxygens (including phenoxy) is 2. The van der Waals surface area contributed by atoms with Crippen LogP contribution in [0.25, 0.3) is 11.1 Å². The molecule has 2 aliphatic rings. The van der Waals surface area contributed by atoms with Crippen molar-refractivity contribution in [3.63, 3.8) is 0 Å². The van der Waals surface area contributed by atoms with Crippen molar-refractivity contribution in [3.8, 4) is 11.5 Å². The maximum absolute atomic E-state index is 12.8. The number of hydrogen-bond donors (Lipinski definition) is 3. The molecule has 196 valence electrons. The lowest BCUT2D eigenvalue weighted by molar-refractivity contribution is -0.138. The fourth-order valence-corrected chi connectivity index (χ4v) is 4.26. The molecule has 1 heterocycles. The average Bonchev–Trinajstić information content (AvgIpc) is 3.50. The summed E-state index contributed by atoms with van der Waals surface area (Å²) in [5, 5.41) is 13.9. The van der Waals surface area contributed by atoms with Crippen molar-refractivity contribution in [1.82, 2.24) is 10.6 Å². The quantitative estimate of drug-likeness (QED) is 0.427. The third kappa shape index (κ3) is 6.76. The van der Waals surface area contributed by atoms with Crippen LogP contribution in [0.15, 0.2) is 91.0 Å². The Morgan fingerprint density at radius 2 is 1.74 bits per heavy atom. The van der Waals surface area contributed by atoms with E-state index in [1.807, 2.05) is 97.9 Å². The number of ketones is 1. The maximum Gasteiger partial charge on any atom is 0.322 e. The number of carbonyl (C=O) groups is 2. The molecule has 7 heteroatoms. The molecule has 1 saturated heterocycles. The molecule has 0 bridgehead atoms. The molecule has 1 fully saturated rings. The summed E-state index contributed by atoms with van der Waals surface area (Å²) in [6.07, 6.45) is 3.97. The van der Waals surface area contributed by atoms with E-state index in [0.29, 0.717) is 19.8 Å². The summed E-state index contributed by atoms with van der Waals surface area (Å²) in [7, 11) is 1.64. The van der Waals surface area contributed by atoms with Crippen LogP contribution in [-0.4, -0.2) is 43.2 Å². The Kier molecular flexibility index (Phi) is 9.08. The van der Waals surface area contributed by atoms with Gasteiger partial charge in [-0.1, -0.05) is 73.7 Å². The summed E-state index contributed by atoms with van der Waals surface area (Å²) in [6, 6.07) is 25.3. The summed E-state index contributed by atoms with van der Waals surface area (Å²) in [4.78, 5) is 22.9. The minimum absolute atomic E-state index is 0.130. The normalized spacial score (nSPS) is 18.5. The van der Waals surface area contributed by atoms with E-state index in [2.05, 4.69) is 10.6 Å². The summed E-state index contributed by atoms with van der Waals surface area (Å²) in [6.45, 7) is 3.54. The number of methoxy groups -OCH3 is 1. The predicted octanol–water partition coefficient (Wildman–Crippen LogP) is 4.55. The van der Waals surface area contributed by atoms with Gasteiger partial charge in [-0.25, -0.2) is 0 Å². The molecule has 38 heavy (non-hydrogen) atoms. The van der Waals surface area contributed by atoms with Crippen LogP contribution in [0.3, 0.4) is 0 Å². The highest BCUT2D eigenvalue weighted by molar-refractivity contribution is 6.26. The lowest BCUT2D eigenvalue weighted by atomic mass is 9.84. The molecule has 3 aromatic rings. The largest absolute Gasteiger partial charge is 0.497 e. The number of carboxylic acids is 1. The molecule has 0 radical (unpaired) electrons. The van der Waals surface area contributed by atoms with Gasteiger partial charge in [-0.15, -0.1) is 0 Å². The van der Waals surface area contributed by atoms with Gasteiger partial charge in [-0.2, -0.15) is 0 Å². The van der Waals surface area contributed by atoms with Crippen LogP contribution < -0.4 is 20.1 Å². The van der Waals surface area contributed by atoms with Gasteiger partial charge in [0.05, 0.1) is 7.11 Å². The molecule has 1 aliphatic heterocycles. The number of carboxylic acid groups (broad SMARTS) is 1. The monoisotopic (exact) mass is 512 g/mol. The highest BCUT2D eigenvalue weighted by Gasteiger charge is 2.24. The summed E-state index contributed by atoms with van der Waals surface area (Å²) in [5.41, 5.74) is 4.67. The van der Waals surface area contributed by atoms with E-state index in [9.17, 15) is 9.59 Å². The smallest absolute Gasteiger partial charge is 0.322 e. The Morgan fingerprint density at radius 3 is 2.34 bits per heavy atom. The van der Waals surface area contributed by atoms with Gasteiger partial charge in [0.2, 0.25) is 0 Å². The SMILES string of the molecule is COc1ccc(C2=CC(C)C(=O)C(c3ccccc3)=C2)c(OCc2ccccc2)c1.O=C(O)[C@H]1CNCN1. The van der Waals surface area contributed by atoms with Crippen LogP contribution in [0.1, 0.15) is 23.6 Å². The number of rotatable bonds is 7. The molecule has 0 saturated carbocycles. The van der Waals surface area contributed by atoms with Gasteiger partial charge in [0.25, 0.3) is 0 Å². The Morgan fingerprint density at radius 1 is 1.03 bits per heavy atom. The third-order valence-electron chi connectivity index (χ3n) is 6.35. The first-order valence-electron chi connectivity index (χ1n) is 12.5. The lowest BCUT2D eigenvalue weighted by Crippen LogP contribution is -2.32. The zero-order chi connectivity index (χ0) is 26.9. The number of hydrogen-bond acceptors (Lipinski definition) is 6. The molecule has 5 rings (SSSR count). The van der Waals surface area contributed by atoms with E-state index in [0.717, 1.165) is 39.3 Å². The highest BCUT2D eigenvalue weighted by atomic mass is 16.5. The van der Waals surface area contributed by atoms with Gasteiger partial charge < -0.3 is 19.9 Å². The molecular weight excluding hydrogens is 480 g/mol. The molecule has 1 unspecified atom stereocenters. The van der Waals surface area contributed by atoms with Gasteiger partial charge in [0.15, 0.2) is 5.78 Å². The number of aliphatic carboxylic acids is 1. The van der Waals surface area contributed by atoms with Crippen LogP contribution in [-0.2, 0) is 16.2 Å². The minimum atomic E-state index is -0.782. The summed E-state index contributed by atoms with van der Waals surface area (Å²) >= 11 is 0. The standard InChI is InChI=1S/C27H24O3.C4H8N2O2/c1-19-15-22(16-25(27(19)28)21-11-7-4-8-12-21)24-14-13-23(29-2)17-26(24)30-18-20-9-5-3-6-10-20;7-4(8)3-1-5-2-6-3/h3-17,19H,18H2,1-2H3;3,5-6H,1-2H2,(H,7,8)/t;3-/m.1/s1. The van der Waals surface area contributed by atoms with E-state index in [1.54, 1.807) is 7.11 Å². The third-order valence-corrected chi connectivity index (χ3v) is 6.35. The number of carbonyl (C=O) groups excluding carboxylic acids is 1. The number of allylic oxidation sites excluding steroid dienone is 4. The zero-order valence-corrected chi connectivity index (χ0v) is 21.5. The molecule has 0 aromatic heterocycles. The van der Waals surface area contributed by atoms with E-state index in [1.165, 1.54) is 0 Å². The Bertz CT molecular complexity index is 1310. The Hall–Kier alpha value is -4.20. The second kappa shape index (κ2) is 12.9. The predicted molar refractivity (Wildman–Crippen MR) is 148 cm³/mol. The molecule has 7 nitrogen and oxygen atoms in total. The van der Waals surface area contributed by atoms with E-state index >= 15 is 0 Å². The maximum atomic E-state index is 12.8. The average molecular weight is 513 g/mol. The second-order valence-corrected chi connectivity index (χ2v) is 9.06. The minimum Gasteiger partial charge on any atom is -0.497 e. The zero-order valence-electron chi connectivity index (χ0n) is 21.5. The van der Waals surface area contributed by atoms with Crippen molar-refractivity contribution in [2.75, 3.05) is 20.3 Å². The molecule has 2 atom stereocenters. The van der Waals surface area contributed by atoms with Crippen molar-refractivity contribution in [1.29, 1.82) is 0 Å². The van der Waals surface area contributed by atoms with Crippen LogP contribution in [0.5, 0.6) is 11.5 Å². The number of Topliss-reactive ketones (excluding diaryl/α,β-unsaturated/α-hetero) is 1. The van der Waals surface area contributed by atoms with Crippen molar-refractivity contribution in [2.24, 2.45) is 5.92 Å². The van der Waals surface area contributed by atoms with Crippen LogP contribution >= 0.6 is 0 Å². The Balaban J connectivity index is 0.000000360. The topological polar surface area (TPSA) is 96.9 Å². The molecule has 3 N–H and O–H groups in total. The number of benzene rings is 3. The first-order valence-corrected chi connectivity index (χ1v) is 12.5. The van der Waals surface area contributed by atoms with Gasteiger partial charge in [-0.05, 0) is 34.9 Å². The summed E-state index contributed by atoms with van der Waals surface area (Å²) in [5.74, 6) is 0.605. The number of nitrogens with one attached hydrogen (secondary N) is 2. The van der Waals surface area contributed by atoms with Gasteiger partial charge in [-0.3, -0.25) is 14.9 Å². The van der Waals surface area contributed by atoms with Crippen LogP contribution in [0, 0.1) is 5.92 Å². The van der Waals surface area contributed by atoms with Crippen molar-refractivity contribution in [2.45, 2.75) is 19.6 Å². The van der Waals surface area contributed by atoms with Crippen molar-refractivity contribution < 1.29 is 24.2 Å². The summed E-state index contributed by atoms with van der Waals surface area (Å²) < 4.78 is 11.6. The van der Waals surface area contributed by atoms with E-state index in [4.69, 9.17) is 14.6 Å². The van der Waals surface area contributed by atoms with Crippen LogP contribution in [0.2, 0.25) is 0 Å². The molecular formula is C31H32N2O5. The van der Waals surface area contributed by atoms with Gasteiger partial charge >= 0.3 is 5.97 Å². The first-order chi connectivity index (χ1) is 18.5. The fourth-order valence-electron chi connectivity index (χ4n) is 4.26.